The Morgan fingerprint density at radius 2 is 2.20 bits per heavy atom. The zero-order valence-electron chi connectivity index (χ0n) is 11.0. The van der Waals surface area contributed by atoms with Crippen molar-refractivity contribution < 1.29 is 4.39 Å². The third-order valence-electron chi connectivity index (χ3n) is 3.30. The largest absolute Gasteiger partial charge is 0.330 e. The molecule has 0 saturated carbocycles. The first-order valence-electron chi connectivity index (χ1n) is 6.38. The summed E-state index contributed by atoms with van der Waals surface area (Å²) in [4.78, 5) is 3.04. The maximum absolute atomic E-state index is 13.5. The first-order valence-corrected chi connectivity index (χ1v) is 6.79. The van der Waals surface area contributed by atoms with Gasteiger partial charge in [-0.25, -0.2) is 4.39 Å². The van der Waals surface area contributed by atoms with Crippen molar-refractivity contribution in [1.29, 1.82) is 0 Å². The van der Waals surface area contributed by atoms with Crippen molar-refractivity contribution in [2.45, 2.75) is 26.4 Å². The summed E-state index contributed by atoms with van der Waals surface area (Å²) < 4.78 is 17.9. The van der Waals surface area contributed by atoms with Crippen molar-refractivity contribution in [3.8, 4) is 0 Å². The average molecular weight is 291 g/mol. The standard InChI is InChI=1S/C13H14FN5S/c1-9-7-12-11(8-10(9)14)16-13(20)19(12)5-2-4-18-6-3-15-17-18/h3,6-8H,2,4-5H2,1H3,(H,16,20). The maximum Gasteiger partial charge on any atom is 0.178 e. The van der Waals surface area contributed by atoms with E-state index in [1.54, 1.807) is 17.8 Å². The van der Waals surface area contributed by atoms with Gasteiger partial charge >= 0.3 is 0 Å². The van der Waals surface area contributed by atoms with Crippen LogP contribution in [0.15, 0.2) is 24.5 Å². The van der Waals surface area contributed by atoms with Crippen LogP contribution in [0.3, 0.4) is 0 Å². The van der Waals surface area contributed by atoms with Gasteiger partial charge in [-0.05, 0) is 43.3 Å². The van der Waals surface area contributed by atoms with Crippen LogP contribution in [0.2, 0.25) is 0 Å². The van der Waals surface area contributed by atoms with Gasteiger partial charge in [-0.15, -0.1) is 5.10 Å². The van der Waals surface area contributed by atoms with Crippen molar-refractivity contribution in [2.24, 2.45) is 0 Å². The van der Waals surface area contributed by atoms with E-state index in [1.807, 2.05) is 16.8 Å². The van der Waals surface area contributed by atoms with Crippen molar-refractivity contribution in [3.63, 3.8) is 0 Å². The van der Waals surface area contributed by atoms with Gasteiger partial charge in [0.2, 0.25) is 0 Å². The number of nitrogens with one attached hydrogen (secondary N) is 1. The first-order chi connectivity index (χ1) is 9.65. The Morgan fingerprint density at radius 3 is 2.95 bits per heavy atom. The molecule has 0 bridgehead atoms. The number of aromatic amines is 1. The van der Waals surface area contributed by atoms with Crippen LogP contribution in [-0.2, 0) is 13.1 Å². The number of benzene rings is 1. The van der Waals surface area contributed by atoms with Gasteiger partial charge < -0.3 is 9.55 Å². The number of rotatable bonds is 4. The number of nitrogens with zero attached hydrogens (tertiary/aromatic N) is 4. The smallest absolute Gasteiger partial charge is 0.178 e. The quantitative estimate of drug-likeness (QED) is 0.752. The fraction of sp³-hybridized carbons (Fsp3) is 0.308. The van der Waals surface area contributed by atoms with E-state index in [4.69, 9.17) is 12.2 Å². The van der Waals surface area contributed by atoms with Crippen molar-refractivity contribution in [2.75, 3.05) is 0 Å². The lowest BCUT2D eigenvalue weighted by Crippen LogP contribution is -2.05. The number of hydrogen-bond donors (Lipinski definition) is 1. The summed E-state index contributed by atoms with van der Waals surface area (Å²) in [7, 11) is 0. The molecule has 20 heavy (non-hydrogen) atoms. The summed E-state index contributed by atoms with van der Waals surface area (Å²) in [6, 6.07) is 3.32. The van der Waals surface area contributed by atoms with Crippen LogP contribution in [0.25, 0.3) is 11.0 Å². The van der Waals surface area contributed by atoms with Crippen LogP contribution in [-0.4, -0.2) is 24.5 Å². The highest BCUT2D eigenvalue weighted by Crippen LogP contribution is 2.19. The van der Waals surface area contributed by atoms with Crippen molar-refractivity contribution in [3.05, 3.63) is 40.7 Å². The van der Waals surface area contributed by atoms with Crippen LogP contribution < -0.4 is 0 Å². The van der Waals surface area contributed by atoms with Gasteiger partial charge in [0.05, 0.1) is 17.2 Å². The Morgan fingerprint density at radius 1 is 1.35 bits per heavy atom. The molecule has 0 spiro atoms. The molecule has 2 aromatic heterocycles. The topological polar surface area (TPSA) is 51.4 Å². The molecule has 0 unspecified atom stereocenters. The molecule has 5 nitrogen and oxygen atoms in total. The molecule has 0 aliphatic carbocycles. The molecule has 0 atom stereocenters. The number of aryl methyl sites for hydroxylation is 3. The maximum atomic E-state index is 13.5. The van der Waals surface area contributed by atoms with E-state index in [2.05, 4.69) is 15.3 Å². The Hall–Kier alpha value is -2.02. The third-order valence-corrected chi connectivity index (χ3v) is 3.62. The van der Waals surface area contributed by atoms with Crippen LogP contribution in [0.1, 0.15) is 12.0 Å². The average Bonchev–Trinajstić information content (AvgIpc) is 3.01. The molecule has 0 radical (unpaired) electrons. The minimum atomic E-state index is -0.219. The molecular formula is C13H14FN5S. The molecule has 0 saturated heterocycles. The third kappa shape index (κ3) is 2.36. The normalized spacial score (nSPS) is 11.3. The molecule has 1 N–H and O–H groups in total. The van der Waals surface area contributed by atoms with E-state index in [0.29, 0.717) is 10.3 Å². The summed E-state index contributed by atoms with van der Waals surface area (Å²) >= 11 is 5.30. The molecule has 7 heteroatoms. The van der Waals surface area contributed by atoms with Gasteiger partial charge in [-0.1, -0.05) is 5.21 Å². The lowest BCUT2D eigenvalue weighted by Gasteiger charge is -2.05. The zero-order chi connectivity index (χ0) is 14.1. The molecule has 2 heterocycles. The first kappa shape index (κ1) is 13.0. The summed E-state index contributed by atoms with van der Waals surface area (Å²) in [5.41, 5.74) is 2.29. The predicted molar refractivity (Wildman–Crippen MR) is 76.5 cm³/mol. The number of fused-ring (bicyclic) bond motifs is 1. The van der Waals surface area contributed by atoms with Crippen LogP contribution in [0.4, 0.5) is 4.39 Å². The fourth-order valence-electron chi connectivity index (χ4n) is 2.25. The lowest BCUT2D eigenvalue weighted by atomic mass is 10.2. The Kier molecular flexibility index (Phi) is 3.35. The molecule has 0 aliphatic rings. The van der Waals surface area contributed by atoms with E-state index < -0.39 is 0 Å². The van der Waals surface area contributed by atoms with E-state index in [9.17, 15) is 4.39 Å². The predicted octanol–water partition coefficient (Wildman–Crippen LogP) is 2.83. The van der Waals surface area contributed by atoms with Crippen molar-refractivity contribution in [1.82, 2.24) is 24.5 Å². The number of halogens is 1. The van der Waals surface area contributed by atoms with Gasteiger partial charge in [0.1, 0.15) is 5.82 Å². The molecular weight excluding hydrogens is 277 g/mol. The summed E-state index contributed by atoms with van der Waals surface area (Å²) in [6.07, 6.45) is 4.36. The second-order valence-electron chi connectivity index (χ2n) is 4.72. The Bertz CT molecular complexity index is 787. The molecule has 104 valence electrons. The SMILES string of the molecule is Cc1cc2c(cc1F)[nH]c(=S)n2CCCn1ccnn1. The number of imidazole rings is 1. The van der Waals surface area contributed by atoms with E-state index in [1.165, 1.54) is 6.07 Å². The molecule has 0 fully saturated rings. The number of H-pyrrole nitrogens is 1. The van der Waals surface area contributed by atoms with Gasteiger partial charge in [-0.2, -0.15) is 0 Å². The number of aromatic nitrogens is 5. The van der Waals surface area contributed by atoms with E-state index >= 15 is 0 Å². The Labute approximate surface area is 120 Å². The highest BCUT2D eigenvalue weighted by molar-refractivity contribution is 7.71. The lowest BCUT2D eigenvalue weighted by molar-refractivity contribution is 0.517. The second kappa shape index (κ2) is 5.16. The van der Waals surface area contributed by atoms with Gasteiger partial charge in [0.25, 0.3) is 0 Å². The summed E-state index contributed by atoms with van der Waals surface area (Å²) in [5, 5.41) is 7.68. The minimum absolute atomic E-state index is 0.219. The van der Waals surface area contributed by atoms with Crippen LogP contribution in [0, 0.1) is 17.5 Å². The van der Waals surface area contributed by atoms with E-state index in [-0.39, 0.29) is 5.82 Å². The van der Waals surface area contributed by atoms with Crippen LogP contribution in [0.5, 0.6) is 0 Å². The van der Waals surface area contributed by atoms with Gasteiger partial charge in [-0.3, -0.25) is 4.68 Å². The van der Waals surface area contributed by atoms with Gasteiger partial charge in [0.15, 0.2) is 4.77 Å². The zero-order valence-corrected chi connectivity index (χ0v) is 11.8. The minimum Gasteiger partial charge on any atom is -0.330 e. The van der Waals surface area contributed by atoms with E-state index in [0.717, 1.165) is 30.5 Å². The van der Waals surface area contributed by atoms with Crippen molar-refractivity contribution >= 4 is 23.3 Å². The number of hydrogen-bond acceptors (Lipinski definition) is 3. The molecule has 1 aromatic carbocycles. The highest BCUT2D eigenvalue weighted by Gasteiger charge is 2.08. The highest BCUT2D eigenvalue weighted by atomic mass is 32.1. The Balaban J connectivity index is 1.85. The molecule has 0 amide bonds. The summed E-state index contributed by atoms with van der Waals surface area (Å²) in [6.45, 7) is 3.28. The second-order valence-corrected chi connectivity index (χ2v) is 5.11. The van der Waals surface area contributed by atoms with Gasteiger partial charge in [0, 0.05) is 19.3 Å². The molecule has 3 aromatic rings. The van der Waals surface area contributed by atoms with Crippen LogP contribution >= 0.6 is 12.2 Å². The monoisotopic (exact) mass is 291 g/mol. The fourth-order valence-corrected chi connectivity index (χ4v) is 2.55. The summed E-state index contributed by atoms with van der Waals surface area (Å²) in [5.74, 6) is -0.219. The molecule has 0 aliphatic heterocycles. The molecule has 3 rings (SSSR count).